The fourth-order valence-corrected chi connectivity index (χ4v) is 3.41. The maximum absolute atomic E-state index is 12.3. The lowest BCUT2D eigenvalue weighted by Gasteiger charge is -2.06. The summed E-state index contributed by atoms with van der Waals surface area (Å²) in [6.07, 6.45) is -0.0486. The van der Waals surface area contributed by atoms with Crippen LogP contribution in [0, 0.1) is 0 Å². The highest BCUT2D eigenvalue weighted by molar-refractivity contribution is 7.84. The van der Waals surface area contributed by atoms with Crippen molar-refractivity contribution in [2.24, 2.45) is 0 Å². The highest BCUT2D eigenvalue weighted by atomic mass is 35.5. The van der Waals surface area contributed by atoms with Gasteiger partial charge in [0, 0.05) is 4.90 Å². The first-order chi connectivity index (χ1) is 9.97. The van der Waals surface area contributed by atoms with Crippen LogP contribution in [0.2, 0.25) is 10.0 Å². The largest absolute Gasteiger partial charge is 0.481 e. The Balaban J connectivity index is 2.13. The Morgan fingerprint density at radius 1 is 1.10 bits per heavy atom. The molecule has 2 aromatic rings. The van der Waals surface area contributed by atoms with Gasteiger partial charge >= 0.3 is 5.97 Å². The highest BCUT2D eigenvalue weighted by Crippen LogP contribution is 2.27. The number of rotatable bonds is 5. The van der Waals surface area contributed by atoms with E-state index >= 15 is 0 Å². The third-order valence-corrected chi connectivity index (χ3v) is 5.09. The number of carboxylic acid groups (broad SMARTS) is 1. The van der Waals surface area contributed by atoms with Gasteiger partial charge in [0.15, 0.2) is 0 Å². The van der Waals surface area contributed by atoms with Crippen molar-refractivity contribution in [3.8, 4) is 0 Å². The maximum Gasteiger partial charge on any atom is 0.307 e. The molecule has 0 heterocycles. The topological polar surface area (TPSA) is 54.4 Å². The van der Waals surface area contributed by atoms with Crippen molar-refractivity contribution in [2.75, 3.05) is 0 Å². The number of hydrogen-bond donors (Lipinski definition) is 1. The van der Waals surface area contributed by atoms with Crippen molar-refractivity contribution in [3.05, 3.63) is 63.6 Å². The molecule has 1 atom stereocenters. The van der Waals surface area contributed by atoms with Gasteiger partial charge in [-0.15, -0.1) is 0 Å². The Hall–Kier alpha value is -1.36. The summed E-state index contributed by atoms with van der Waals surface area (Å²) >= 11 is 12.0. The van der Waals surface area contributed by atoms with Crippen LogP contribution in [0.25, 0.3) is 0 Å². The van der Waals surface area contributed by atoms with E-state index in [1.165, 1.54) is 0 Å². The average molecular weight is 343 g/mol. The summed E-state index contributed by atoms with van der Waals surface area (Å²) in [5.41, 5.74) is 1.39. The first-order valence-corrected chi connectivity index (χ1v) is 8.17. The van der Waals surface area contributed by atoms with Crippen LogP contribution in [0.4, 0.5) is 0 Å². The molecule has 0 saturated heterocycles. The van der Waals surface area contributed by atoms with Crippen LogP contribution >= 0.6 is 23.2 Å². The number of aliphatic carboxylic acids is 1. The van der Waals surface area contributed by atoms with E-state index in [1.54, 1.807) is 42.5 Å². The summed E-state index contributed by atoms with van der Waals surface area (Å²) in [5, 5.41) is 9.55. The monoisotopic (exact) mass is 342 g/mol. The van der Waals surface area contributed by atoms with Crippen LogP contribution in [0.15, 0.2) is 47.4 Å². The quantitative estimate of drug-likeness (QED) is 0.895. The molecule has 6 heteroatoms. The Kier molecular flexibility index (Phi) is 5.39. The van der Waals surface area contributed by atoms with Crippen LogP contribution < -0.4 is 0 Å². The number of benzene rings is 2. The molecule has 0 amide bonds. The number of carboxylic acids is 1. The molecule has 0 saturated carbocycles. The second-order valence-corrected chi connectivity index (χ2v) is 6.65. The van der Waals surface area contributed by atoms with Crippen LogP contribution in [-0.2, 0) is 27.8 Å². The maximum atomic E-state index is 12.3. The van der Waals surface area contributed by atoms with E-state index in [0.717, 1.165) is 5.56 Å². The lowest BCUT2D eigenvalue weighted by molar-refractivity contribution is -0.136. The number of carbonyl (C=O) groups is 1. The molecule has 2 rings (SSSR count). The van der Waals surface area contributed by atoms with E-state index in [-0.39, 0.29) is 12.2 Å². The lowest BCUT2D eigenvalue weighted by atomic mass is 10.2. The zero-order valence-corrected chi connectivity index (χ0v) is 13.2. The molecule has 2 aromatic carbocycles. The Bertz CT molecular complexity index is 684. The van der Waals surface area contributed by atoms with Gasteiger partial charge in [-0.25, -0.2) is 0 Å². The standard InChI is InChI=1S/C15H12Cl2O3S/c16-13-3-1-2-11(15(13)17)9-21(20)12-6-4-10(5-7-12)8-14(18)19/h1-7H,8-9H2,(H,18,19). The van der Waals surface area contributed by atoms with Gasteiger partial charge in [0.05, 0.1) is 33.0 Å². The van der Waals surface area contributed by atoms with Crippen LogP contribution in [0.1, 0.15) is 11.1 Å². The van der Waals surface area contributed by atoms with Gasteiger partial charge in [-0.2, -0.15) is 0 Å². The molecule has 0 radical (unpaired) electrons. The first-order valence-electron chi connectivity index (χ1n) is 6.09. The summed E-state index contributed by atoms with van der Waals surface area (Å²) < 4.78 is 12.3. The molecule has 0 bridgehead atoms. The van der Waals surface area contributed by atoms with Crippen molar-refractivity contribution in [2.45, 2.75) is 17.1 Å². The predicted molar refractivity (Wildman–Crippen MR) is 84.4 cm³/mol. The molecule has 0 aliphatic carbocycles. The van der Waals surface area contributed by atoms with E-state index in [9.17, 15) is 9.00 Å². The molecule has 110 valence electrons. The van der Waals surface area contributed by atoms with Gasteiger partial charge in [-0.1, -0.05) is 47.5 Å². The Labute approximate surface area is 135 Å². The molecular weight excluding hydrogens is 331 g/mol. The van der Waals surface area contributed by atoms with E-state index in [1.807, 2.05) is 0 Å². The van der Waals surface area contributed by atoms with E-state index in [0.29, 0.717) is 20.5 Å². The second-order valence-electron chi connectivity index (χ2n) is 4.42. The summed E-state index contributed by atoms with van der Waals surface area (Å²) in [5.74, 6) is -0.632. The normalized spacial score (nSPS) is 12.1. The second kappa shape index (κ2) is 7.07. The van der Waals surface area contributed by atoms with E-state index < -0.39 is 16.8 Å². The minimum absolute atomic E-state index is 0.0486. The average Bonchev–Trinajstić information content (AvgIpc) is 2.44. The molecule has 0 aliphatic heterocycles. The van der Waals surface area contributed by atoms with Crippen LogP contribution in [-0.4, -0.2) is 15.3 Å². The van der Waals surface area contributed by atoms with Gasteiger partial charge in [-0.05, 0) is 29.3 Å². The number of hydrogen-bond acceptors (Lipinski definition) is 2. The zero-order chi connectivity index (χ0) is 15.4. The van der Waals surface area contributed by atoms with Crippen molar-refractivity contribution in [1.82, 2.24) is 0 Å². The van der Waals surface area contributed by atoms with Crippen LogP contribution in [0.3, 0.4) is 0 Å². The van der Waals surface area contributed by atoms with Crippen LogP contribution in [0.5, 0.6) is 0 Å². The van der Waals surface area contributed by atoms with Crippen molar-refractivity contribution in [1.29, 1.82) is 0 Å². The summed E-state index contributed by atoms with van der Waals surface area (Å²) in [7, 11) is -1.26. The molecule has 0 aromatic heterocycles. The zero-order valence-electron chi connectivity index (χ0n) is 10.9. The molecule has 3 nitrogen and oxygen atoms in total. The fourth-order valence-electron chi connectivity index (χ4n) is 1.82. The van der Waals surface area contributed by atoms with E-state index in [4.69, 9.17) is 28.3 Å². The third kappa shape index (κ3) is 4.30. The summed E-state index contributed by atoms with van der Waals surface area (Å²) in [6.45, 7) is 0. The molecule has 0 aliphatic rings. The van der Waals surface area contributed by atoms with Gasteiger partial charge in [0.2, 0.25) is 0 Å². The van der Waals surface area contributed by atoms with Crippen molar-refractivity contribution < 1.29 is 14.1 Å². The van der Waals surface area contributed by atoms with Gasteiger partial charge in [0.1, 0.15) is 0 Å². The molecule has 0 fully saturated rings. The third-order valence-electron chi connectivity index (χ3n) is 2.86. The van der Waals surface area contributed by atoms with Crippen molar-refractivity contribution in [3.63, 3.8) is 0 Å². The summed E-state index contributed by atoms with van der Waals surface area (Å²) in [4.78, 5) is 11.2. The SMILES string of the molecule is O=C(O)Cc1ccc(S(=O)Cc2cccc(Cl)c2Cl)cc1. The van der Waals surface area contributed by atoms with Crippen molar-refractivity contribution >= 4 is 40.0 Å². The smallest absolute Gasteiger partial charge is 0.307 e. The lowest BCUT2D eigenvalue weighted by Crippen LogP contribution is -2.01. The fraction of sp³-hybridized carbons (Fsp3) is 0.133. The van der Waals surface area contributed by atoms with Gasteiger partial charge in [0.25, 0.3) is 0 Å². The molecule has 0 spiro atoms. The molecule has 1 unspecified atom stereocenters. The summed E-state index contributed by atoms with van der Waals surface area (Å²) in [6, 6.07) is 11.9. The van der Waals surface area contributed by atoms with Gasteiger partial charge in [-0.3, -0.25) is 9.00 Å². The molecular formula is C15H12Cl2O3S. The number of halogens is 2. The Morgan fingerprint density at radius 3 is 2.38 bits per heavy atom. The van der Waals surface area contributed by atoms with Gasteiger partial charge < -0.3 is 5.11 Å². The first kappa shape index (κ1) is 16.0. The Morgan fingerprint density at radius 2 is 1.76 bits per heavy atom. The molecule has 21 heavy (non-hydrogen) atoms. The minimum atomic E-state index is -1.26. The minimum Gasteiger partial charge on any atom is -0.481 e. The highest BCUT2D eigenvalue weighted by Gasteiger charge is 2.10. The molecule has 1 N–H and O–H groups in total. The van der Waals surface area contributed by atoms with E-state index in [2.05, 4.69) is 0 Å². The predicted octanol–water partition coefficient (Wildman–Crippen LogP) is 3.93.